The number of rotatable bonds is 5. The molecule has 0 bridgehead atoms. The zero-order valence-corrected chi connectivity index (χ0v) is 16.3. The fourth-order valence-electron chi connectivity index (χ4n) is 2.67. The van der Waals surface area contributed by atoms with Gasteiger partial charge in [-0.15, -0.1) is 10.2 Å². The number of nitrogens with zero attached hydrogens (tertiary/aromatic N) is 3. The highest BCUT2D eigenvalue weighted by atomic mass is 35.5. The Kier molecular flexibility index (Phi) is 4.97. The van der Waals surface area contributed by atoms with Gasteiger partial charge in [0.1, 0.15) is 11.3 Å². The molecule has 0 fully saturated rings. The van der Waals surface area contributed by atoms with Crippen molar-refractivity contribution in [3.63, 3.8) is 0 Å². The highest BCUT2D eigenvalue weighted by molar-refractivity contribution is 7.99. The number of hydrogen-bond acceptors (Lipinski definition) is 6. The number of phenols is 1. The smallest absolute Gasteiger partial charge is 0.234 e. The lowest BCUT2D eigenvalue weighted by Crippen LogP contribution is -2.14. The molecule has 0 saturated heterocycles. The van der Waals surface area contributed by atoms with E-state index < -0.39 is 0 Å². The minimum absolute atomic E-state index is 0.0476. The molecule has 0 spiro atoms. The SMILES string of the molecule is Cn1c(SCC(=O)Nc2cc(Cl)ccc2O)nnc1-c1cc2ccccc2o1. The van der Waals surface area contributed by atoms with Crippen LogP contribution in [0.25, 0.3) is 22.6 Å². The summed E-state index contributed by atoms with van der Waals surface area (Å²) < 4.78 is 7.60. The van der Waals surface area contributed by atoms with Gasteiger partial charge in [0.2, 0.25) is 5.91 Å². The van der Waals surface area contributed by atoms with Crippen molar-refractivity contribution in [3.8, 4) is 17.3 Å². The van der Waals surface area contributed by atoms with Crippen LogP contribution in [0.4, 0.5) is 5.69 Å². The number of halogens is 1. The number of benzene rings is 2. The Bertz CT molecular complexity index is 1140. The van der Waals surface area contributed by atoms with Crippen LogP contribution in [0.3, 0.4) is 0 Å². The number of amides is 1. The molecule has 0 aliphatic heterocycles. The van der Waals surface area contributed by atoms with Crippen molar-refractivity contribution in [1.29, 1.82) is 0 Å². The van der Waals surface area contributed by atoms with Crippen molar-refractivity contribution in [2.24, 2.45) is 7.05 Å². The van der Waals surface area contributed by atoms with E-state index in [-0.39, 0.29) is 23.1 Å². The molecule has 0 radical (unpaired) electrons. The Balaban J connectivity index is 1.46. The van der Waals surface area contributed by atoms with Crippen LogP contribution >= 0.6 is 23.4 Å². The fourth-order valence-corrected chi connectivity index (χ4v) is 3.56. The number of para-hydroxylation sites is 1. The van der Waals surface area contributed by atoms with Crippen molar-refractivity contribution in [1.82, 2.24) is 14.8 Å². The summed E-state index contributed by atoms with van der Waals surface area (Å²) in [4.78, 5) is 12.2. The first-order valence-electron chi connectivity index (χ1n) is 8.31. The van der Waals surface area contributed by atoms with Crippen LogP contribution in [0.1, 0.15) is 0 Å². The minimum atomic E-state index is -0.296. The number of aromatic hydroxyl groups is 1. The lowest BCUT2D eigenvalue weighted by Gasteiger charge is -2.07. The van der Waals surface area contributed by atoms with Crippen LogP contribution in [-0.4, -0.2) is 31.5 Å². The van der Waals surface area contributed by atoms with Crippen molar-refractivity contribution < 1.29 is 14.3 Å². The van der Waals surface area contributed by atoms with Crippen molar-refractivity contribution in [3.05, 3.63) is 53.6 Å². The third-order valence-electron chi connectivity index (χ3n) is 4.05. The first-order valence-corrected chi connectivity index (χ1v) is 9.67. The molecule has 0 aliphatic carbocycles. The van der Waals surface area contributed by atoms with E-state index in [1.165, 1.54) is 23.9 Å². The molecular formula is C19H15ClN4O3S. The topological polar surface area (TPSA) is 93.2 Å². The number of furan rings is 1. The highest BCUT2D eigenvalue weighted by Crippen LogP contribution is 2.29. The van der Waals surface area contributed by atoms with Gasteiger partial charge in [0.25, 0.3) is 0 Å². The molecular weight excluding hydrogens is 400 g/mol. The lowest BCUT2D eigenvalue weighted by atomic mass is 10.2. The molecule has 0 aliphatic rings. The Hall–Kier alpha value is -2.97. The predicted molar refractivity (Wildman–Crippen MR) is 109 cm³/mol. The number of fused-ring (bicyclic) bond motifs is 1. The van der Waals surface area contributed by atoms with Gasteiger partial charge in [-0.2, -0.15) is 0 Å². The van der Waals surface area contributed by atoms with Crippen LogP contribution in [0.2, 0.25) is 5.02 Å². The second-order valence-corrected chi connectivity index (χ2v) is 7.39. The van der Waals surface area contributed by atoms with E-state index in [9.17, 15) is 9.90 Å². The number of nitrogens with one attached hydrogen (secondary N) is 1. The molecule has 1 amide bonds. The van der Waals surface area contributed by atoms with Crippen molar-refractivity contribution in [2.75, 3.05) is 11.1 Å². The van der Waals surface area contributed by atoms with Gasteiger partial charge >= 0.3 is 0 Å². The highest BCUT2D eigenvalue weighted by Gasteiger charge is 2.16. The van der Waals surface area contributed by atoms with Crippen LogP contribution in [-0.2, 0) is 11.8 Å². The molecule has 0 atom stereocenters. The fraction of sp³-hybridized carbons (Fsp3) is 0.105. The van der Waals surface area contributed by atoms with Gasteiger partial charge in [0.05, 0.1) is 11.4 Å². The van der Waals surface area contributed by atoms with E-state index in [0.717, 1.165) is 11.0 Å². The van der Waals surface area contributed by atoms with Crippen molar-refractivity contribution in [2.45, 2.75) is 5.16 Å². The molecule has 2 aromatic heterocycles. The molecule has 2 aromatic carbocycles. The number of aromatic nitrogens is 3. The third-order valence-corrected chi connectivity index (χ3v) is 5.30. The molecule has 142 valence electrons. The molecule has 4 aromatic rings. The maximum absolute atomic E-state index is 12.2. The number of hydrogen-bond donors (Lipinski definition) is 2. The summed E-state index contributed by atoms with van der Waals surface area (Å²) in [6, 6.07) is 14.1. The van der Waals surface area contributed by atoms with E-state index in [1.807, 2.05) is 37.4 Å². The molecule has 0 saturated carbocycles. The zero-order valence-electron chi connectivity index (χ0n) is 14.7. The molecule has 28 heavy (non-hydrogen) atoms. The van der Waals surface area contributed by atoms with Gasteiger partial charge in [-0.25, -0.2) is 0 Å². The maximum Gasteiger partial charge on any atom is 0.234 e. The second-order valence-electron chi connectivity index (χ2n) is 6.01. The summed E-state index contributed by atoms with van der Waals surface area (Å²) in [5.41, 5.74) is 1.04. The van der Waals surface area contributed by atoms with E-state index in [2.05, 4.69) is 15.5 Å². The summed E-state index contributed by atoms with van der Waals surface area (Å²) in [5, 5.41) is 22.7. The number of carbonyl (C=O) groups is 1. The van der Waals surface area contributed by atoms with Gasteiger partial charge in [-0.05, 0) is 30.3 Å². The monoisotopic (exact) mass is 414 g/mol. The second kappa shape index (κ2) is 7.57. The summed E-state index contributed by atoms with van der Waals surface area (Å²) in [7, 11) is 1.81. The maximum atomic E-state index is 12.2. The van der Waals surface area contributed by atoms with Gasteiger partial charge in [0.15, 0.2) is 16.7 Å². The van der Waals surface area contributed by atoms with E-state index in [0.29, 0.717) is 21.8 Å². The number of anilines is 1. The van der Waals surface area contributed by atoms with Gasteiger partial charge < -0.3 is 19.4 Å². The summed E-state index contributed by atoms with van der Waals surface area (Å²) in [5.74, 6) is 0.935. The largest absolute Gasteiger partial charge is 0.506 e. The molecule has 4 rings (SSSR count). The Morgan fingerprint density at radius 2 is 2.07 bits per heavy atom. The minimum Gasteiger partial charge on any atom is -0.506 e. The molecule has 2 heterocycles. The quantitative estimate of drug-likeness (QED) is 0.373. The Morgan fingerprint density at radius 1 is 1.25 bits per heavy atom. The lowest BCUT2D eigenvalue weighted by molar-refractivity contribution is -0.113. The number of thioether (sulfide) groups is 1. The average Bonchev–Trinajstić information content (AvgIpc) is 3.26. The third kappa shape index (κ3) is 3.69. The molecule has 7 nitrogen and oxygen atoms in total. The first kappa shape index (κ1) is 18.4. The van der Waals surface area contributed by atoms with Gasteiger partial charge in [0, 0.05) is 17.5 Å². The molecule has 0 unspecified atom stereocenters. The summed E-state index contributed by atoms with van der Waals surface area (Å²) in [6.07, 6.45) is 0. The van der Waals surface area contributed by atoms with Crippen LogP contribution in [0, 0.1) is 0 Å². The first-order chi connectivity index (χ1) is 13.5. The normalized spacial score (nSPS) is 11.1. The average molecular weight is 415 g/mol. The Morgan fingerprint density at radius 3 is 2.89 bits per heavy atom. The van der Waals surface area contributed by atoms with Gasteiger partial charge in [-0.3, -0.25) is 4.79 Å². The summed E-state index contributed by atoms with van der Waals surface area (Å²) in [6.45, 7) is 0. The number of carbonyl (C=O) groups excluding carboxylic acids is 1. The van der Waals surface area contributed by atoms with E-state index in [4.69, 9.17) is 16.0 Å². The summed E-state index contributed by atoms with van der Waals surface area (Å²) >= 11 is 7.11. The number of phenolic OH excluding ortho intramolecular Hbond substituents is 1. The molecule has 9 heteroatoms. The van der Waals surface area contributed by atoms with Gasteiger partial charge in [-0.1, -0.05) is 41.6 Å². The van der Waals surface area contributed by atoms with E-state index >= 15 is 0 Å². The van der Waals surface area contributed by atoms with E-state index in [1.54, 1.807) is 10.6 Å². The van der Waals surface area contributed by atoms with Crippen LogP contribution in [0.5, 0.6) is 5.75 Å². The predicted octanol–water partition coefficient (Wildman–Crippen LogP) is 4.32. The van der Waals surface area contributed by atoms with Crippen LogP contribution < -0.4 is 5.32 Å². The molecule has 2 N–H and O–H groups in total. The zero-order chi connectivity index (χ0) is 19.7. The van der Waals surface area contributed by atoms with Crippen LogP contribution in [0.15, 0.2) is 58.1 Å². The standard InChI is InChI=1S/C19H15ClN4O3S/c1-24-18(16-8-11-4-2-3-5-15(11)27-16)22-23-19(24)28-10-17(26)21-13-9-12(20)6-7-14(13)25/h2-9,25H,10H2,1H3,(H,21,26). The van der Waals surface area contributed by atoms with Crippen molar-refractivity contribution >= 4 is 45.9 Å². The Labute approximate surface area is 169 Å².